The van der Waals surface area contributed by atoms with Gasteiger partial charge in [-0.3, -0.25) is 4.90 Å². The van der Waals surface area contributed by atoms with E-state index in [1.807, 2.05) is 11.3 Å². The molecule has 1 aliphatic heterocycles. The zero-order valence-electron chi connectivity index (χ0n) is 9.34. The summed E-state index contributed by atoms with van der Waals surface area (Å²) < 4.78 is 0. The van der Waals surface area contributed by atoms with E-state index in [4.69, 9.17) is 0 Å². The highest BCUT2D eigenvalue weighted by atomic mass is 32.1. The van der Waals surface area contributed by atoms with Crippen LogP contribution in [0.3, 0.4) is 0 Å². The smallest absolute Gasteiger partial charge is 0.0125 e. The van der Waals surface area contributed by atoms with Gasteiger partial charge in [-0.1, -0.05) is 0 Å². The van der Waals surface area contributed by atoms with E-state index in [1.165, 1.54) is 25.9 Å². The van der Waals surface area contributed by atoms with Crippen molar-refractivity contribution in [2.45, 2.75) is 39.2 Å². The second kappa shape index (κ2) is 3.67. The van der Waals surface area contributed by atoms with Gasteiger partial charge < -0.3 is 0 Å². The van der Waals surface area contributed by atoms with Gasteiger partial charge in [0.15, 0.2) is 0 Å². The van der Waals surface area contributed by atoms with Crippen molar-refractivity contribution in [2.24, 2.45) is 0 Å². The molecule has 0 aromatic carbocycles. The molecular weight excluding hydrogens is 190 g/mol. The van der Waals surface area contributed by atoms with Crippen molar-refractivity contribution in [3.05, 3.63) is 21.9 Å². The van der Waals surface area contributed by atoms with Crippen LogP contribution in [0.15, 0.2) is 11.4 Å². The van der Waals surface area contributed by atoms with Crippen molar-refractivity contribution in [2.75, 3.05) is 13.1 Å². The molecule has 2 rings (SSSR count). The third kappa shape index (κ3) is 2.01. The summed E-state index contributed by atoms with van der Waals surface area (Å²) >= 11 is 1.92. The minimum Gasteiger partial charge on any atom is -0.298 e. The van der Waals surface area contributed by atoms with Crippen LogP contribution in [0, 0.1) is 0 Å². The van der Waals surface area contributed by atoms with Crippen LogP contribution in [0.2, 0.25) is 0 Å². The van der Waals surface area contributed by atoms with Gasteiger partial charge in [-0.15, -0.1) is 11.3 Å². The van der Waals surface area contributed by atoms with Crippen LogP contribution in [-0.4, -0.2) is 23.5 Å². The van der Waals surface area contributed by atoms with Crippen LogP contribution >= 0.6 is 11.3 Å². The maximum atomic E-state index is 2.60. The summed E-state index contributed by atoms with van der Waals surface area (Å²) in [7, 11) is 0. The van der Waals surface area contributed by atoms with Gasteiger partial charge in [-0.25, -0.2) is 0 Å². The lowest BCUT2D eigenvalue weighted by atomic mass is 10.1. The molecule has 0 saturated carbocycles. The zero-order valence-corrected chi connectivity index (χ0v) is 10.2. The van der Waals surface area contributed by atoms with Gasteiger partial charge in [0, 0.05) is 23.5 Å². The Morgan fingerprint density at radius 1 is 1.21 bits per heavy atom. The first-order chi connectivity index (χ1) is 6.57. The summed E-state index contributed by atoms with van der Waals surface area (Å²) in [6, 6.07) is 2.30. The average molecular weight is 209 g/mol. The van der Waals surface area contributed by atoms with Crippen LogP contribution in [0.4, 0.5) is 0 Å². The molecule has 1 aromatic rings. The molecule has 0 N–H and O–H groups in total. The fourth-order valence-corrected chi connectivity index (χ4v) is 3.01. The fourth-order valence-electron chi connectivity index (χ4n) is 2.08. The van der Waals surface area contributed by atoms with Crippen molar-refractivity contribution in [3.8, 4) is 0 Å². The number of fused-ring (bicyclic) bond motifs is 1. The highest BCUT2D eigenvalue weighted by molar-refractivity contribution is 7.10. The Bertz CT molecular complexity index is 286. The quantitative estimate of drug-likeness (QED) is 0.635. The molecule has 14 heavy (non-hydrogen) atoms. The third-order valence-corrected chi connectivity index (χ3v) is 4.07. The van der Waals surface area contributed by atoms with E-state index in [0.29, 0.717) is 5.54 Å². The van der Waals surface area contributed by atoms with Crippen molar-refractivity contribution in [3.63, 3.8) is 0 Å². The van der Waals surface area contributed by atoms with E-state index in [1.54, 1.807) is 10.4 Å². The van der Waals surface area contributed by atoms with Crippen molar-refractivity contribution in [1.82, 2.24) is 4.90 Å². The number of nitrogens with zero attached hydrogens (tertiary/aromatic N) is 1. The summed E-state index contributed by atoms with van der Waals surface area (Å²) in [5, 5.41) is 2.23. The maximum absolute atomic E-state index is 2.60. The van der Waals surface area contributed by atoms with Crippen molar-refractivity contribution < 1.29 is 0 Å². The predicted octanol–water partition coefficient (Wildman–Crippen LogP) is 2.95. The van der Waals surface area contributed by atoms with Gasteiger partial charge >= 0.3 is 0 Å². The summed E-state index contributed by atoms with van der Waals surface area (Å²) in [4.78, 5) is 4.21. The van der Waals surface area contributed by atoms with E-state index in [0.717, 1.165) is 0 Å². The molecule has 0 fully saturated rings. The van der Waals surface area contributed by atoms with E-state index >= 15 is 0 Å². The van der Waals surface area contributed by atoms with Gasteiger partial charge in [-0.05, 0) is 50.6 Å². The molecule has 0 aliphatic carbocycles. The molecule has 78 valence electrons. The van der Waals surface area contributed by atoms with E-state index in [2.05, 4.69) is 37.1 Å². The Hall–Kier alpha value is -0.340. The minimum atomic E-state index is 0.328. The van der Waals surface area contributed by atoms with Crippen molar-refractivity contribution >= 4 is 11.3 Å². The van der Waals surface area contributed by atoms with Gasteiger partial charge in [0.1, 0.15) is 0 Å². The molecule has 0 bridgehead atoms. The van der Waals surface area contributed by atoms with Gasteiger partial charge in [0.05, 0.1) is 0 Å². The number of hydrogen-bond donors (Lipinski definition) is 0. The Morgan fingerprint density at radius 2 is 1.93 bits per heavy atom. The first kappa shape index (κ1) is 10.2. The standard InChI is InChI=1S/C12H19NS/c1-12(2,3)13-7-4-10-6-9-14-11(10)5-8-13/h6,9H,4-5,7-8H2,1-3H3. The molecule has 0 radical (unpaired) electrons. The molecule has 1 aromatic heterocycles. The largest absolute Gasteiger partial charge is 0.298 e. The summed E-state index contributed by atoms with van der Waals surface area (Å²) in [6.45, 7) is 9.37. The van der Waals surface area contributed by atoms with E-state index in [-0.39, 0.29) is 0 Å². The Morgan fingerprint density at radius 3 is 2.64 bits per heavy atom. The number of hydrogen-bond acceptors (Lipinski definition) is 2. The van der Waals surface area contributed by atoms with E-state index in [9.17, 15) is 0 Å². The van der Waals surface area contributed by atoms with Crippen LogP contribution in [0.1, 0.15) is 31.2 Å². The number of rotatable bonds is 0. The Balaban J connectivity index is 2.10. The van der Waals surface area contributed by atoms with Crippen LogP contribution in [0.5, 0.6) is 0 Å². The Labute approximate surface area is 90.7 Å². The molecule has 0 amide bonds. The minimum absolute atomic E-state index is 0.328. The molecule has 1 nitrogen and oxygen atoms in total. The van der Waals surface area contributed by atoms with Crippen LogP contribution in [0.25, 0.3) is 0 Å². The first-order valence-electron chi connectivity index (χ1n) is 5.38. The highest BCUT2D eigenvalue weighted by Crippen LogP contribution is 2.24. The Kier molecular flexibility index (Phi) is 2.67. The second-order valence-electron chi connectivity index (χ2n) is 5.03. The van der Waals surface area contributed by atoms with Gasteiger partial charge in [0.25, 0.3) is 0 Å². The topological polar surface area (TPSA) is 3.24 Å². The zero-order chi connectivity index (χ0) is 10.2. The lowest BCUT2D eigenvalue weighted by Crippen LogP contribution is -2.42. The van der Waals surface area contributed by atoms with Crippen molar-refractivity contribution in [1.29, 1.82) is 0 Å². The third-order valence-electron chi connectivity index (χ3n) is 3.05. The molecule has 0 spiro atoms. The fraction of sp³-hybridized carbons (Fsp3) is 0.667. The van der Waals surface area contributed by atoms with E-state index < -0.39 is 0 Å². The summed E-state index contributed by atoms with van der Waals surface area (Å²) in [5.41, 5.74) is 1.91. The van der Waals surface area contributed by atoms with Gasteiger partial charge in [-0.2, -0.15) is 0 Å². The molecule has 2 heteroatoms. The SMILES string of the molecule is CC(C)(C)N1CCc2ccsc2CC1. The first-order valence-corrected chi connectivity index (χ1v) is 6.25. The maximum Gasteiger partial charge on any atom is 0.0125 e. The van der Waals surface area contributed by atoms with Gasteiger partial charge in [0.2, 0.25) is 0 Å². The summed E-state index contributed by atoms with van der Waals surface area (Å²) in [6.07, 6.45) is 2.47. The lowest BCUT2D eigenvalue weighted by molar-refractivity contribution is 0.144. The molecule has 0 atom stereocenters. The highest BCUT2D eigenvalue weighted by Gasteiger charge is 2.23. The molecule has 0 saturated heterocycles. The second-order valence-corrected chi connectivity index (χ2v) is 6.03. The van der Waals surface area contributed by atoms with Crippen LogP contribution < -0.4 is 0 Å². The average Bonchev–Trinajstić information content (AvgIpc) is 2.42. The predicted molar refractivity (Wildman–Crippen MR) is 63.1 cm³/mol. The molecule has 1 aliphatic rings. The van der Waals surface area contributed by atoms with Crippen LogP contribution in [-0.2, 0) is 12.8 Å². The normalized spacial score (nSPS) is 19.1. The monoisotopic (exact) mass is 209 g/mol. The molecule has 0 unspecified atom stereocenters. The summed E-state index contributed by atoms with van der Waals surface area (Å²) in [5.74, 6) is 0. The number of thiophene rings is 1. The molecule has 2 heterocycles. The lowest BCUT2D eigenvalue weighted by Gasteiger charge is -2.34. The molecular formula is C12H19NS.